The van der Waals surface area contributed by atoms with E-state index in [-0.39, 0.29) is 25.7 Å². The van der Waals surface area contributed by atoms with Crippen LogP contribution in [0.25, 0.3) is 0 Å². The fourth-order valence-corrected chi connectivity index (χ4v) is 12.1. The van der Waals surface area contributed by atoms with Crippen molar-refractivity contribution in [2.24, 2.45) is 0 Å². The number of unbranched alkanes of at least 4 members (excludes halogenated alkanes) is 42. The molecular weight excluding hydrogens is 1200 g/mol. The van der Waals surface area contributed by atoms with Gasteiger partial charge in [0.2, 0.25) is 0 Å². The van der Waals surface area contributed by atoms with Gasteiger partial charge in [0.05, 0.1) is 26.4 Å². The summed E-state index contributed by atoms with van der Waals surface area (Å²) in [7, 11) is -9.90. The number of aliphatic hydroxyl groups excluding tert-OH is 1. The molecule has 0 amide bonds. The van der Waals surface area contributed by atoms with E-state index >= 15 is 0 Å². The van der Waals surface area contributed by atoms with Crippen LogP contribution in [0.5, 0.6) is 0 Å². The van der Waals surface area contributed by atoms with Crippen molar-refractivity contribution in [3.05, 3.63) is 24.3 Å². The van der Waals surface area contributed by atoms with Crippen molar-refractivity contribution >= 4 is 39.5 Å². The Kier molecular flexibility index (Phi) is 64.4. The number of phosphoric ester groups is 2. The average Bonchev–Trinajstić information content (AvgIpc) is 2.47. The van der Waals surface area contributed by atoms with Gasteiger partial charge in [-0.2, -0.15) is 0 Å². The Morgan fingerprint density at radius 3 is 0.802 bits per heavy atom. The summed E-state index contributed by atoms with van der Waals surface area (Å²) in [6, 6.07) is 0. The molecule has 0 aliphatic carbocycles. The van der Waals surface area contributed by atoms with Crippen LogP contribution in [0.1, 0.15) is 355 Å². The zero-order valence-corrected chi connectivity index (χ0v) is 60.1. The Balaban J connectivity index is 5.14. The van der Waals surface area contributed by atoms with Crippen LogP contribution in [-0.2, 0) is 65.4 Å². The summed E-state index contributed by atoms with van der Waals surface area (Å²) in [5.74, 6) is -2.16. The predicted molar refractivity (Wildman–Crippen MR) is 368 cm³/mol. The number of hydrogen-bond donors (Lipinski definition) is 3. The smallest absolute Gasteiger partial charge is 0.462 e. The average molecular weight is 1340 g/mol. The lowest BCUT2D eigenvalue weighted by Gasteiger charge is -2.21. The quantitative estimate of drug-likeness (QED) is 0.0169. The third-order valence-corrected chi connectivity index (χ3v) is 18.1. The van der Waals surface area contributed by atoms with Crippen LogP contribution in [0.15, 0.2) is 24.3 Å². The Morgan fingerprint density at radius 1 is 0.308 bits per heavy atom. The molecule has 3 N–H and O–H groups in total. The van der Waals surface area contributed by atoms with Gasteiger partial charge in [-0.15, -0.1) is 0 Å². The van der Waals surface area contributed by atoms with Gasteiger partial charge in [0.1, 0.15) is 19.3 Å². The second-order valence-electron chi connectivity index (χ2n) is 25.3. The summed E-state index contributed by atoms with van der Waals surface area (Å²) in [4.78, 5) is 72.2. The maximum atomic E-state index is 13.0. The van der Waals surface area contributed by atoms with Crippen molar-refractivity contribution in [3.63, 3.8) is 0 Å². The minimum Gasteiger partial charge on any atom is -0.462 e. The van der Waals surface area contributed by atoms with Gasteiger partial charge in [0, 0.05) is 25.7 Å². The highest BCUT2D eigenvalue weighted by atomic mass is 31.2. The number of allylic oxidation sites excluding steroid dienone is 4. The highest BCUT2D eigenvalue weighted by molar-refractivity contribution is 7.47. The molecule has 19 heteroatoms. The molecule has 91 heavy (non-hydrogen) atoms. The van der Waals surface area contributed by atoms with Crippen molar-refractivity contribution in [1.82, 2.24) is 0 Å². The van der Waals surface area contributed by atoms with Crippen LogP contribution in [-0.4, -0.2) is 96.7 Å². The molecule has 0 aromatic carbocycles. The van der Waals surface area contributed by atoms with E-state index in [0.717, 1.165) is 116 Å². The zero-order valence-electron chi connectivity index (χ0n) is 58.3. The predicted octanol–water partition coefficient (Wildman–Crippen LogP) is 20.6. The molecule has 5 atom stereocenters. The molecule has 2 unspecified atom stereocenters. The minimum atomic E-state index is -4.96. The molecule has 0 aromatic heterocycles. The van der Waals surface area contributed by atoms with Gasteiger partial charge in [-0.25, -0.2) is 9.13 Å². The number of rotatable bonds is 71. The molecule has 0 spiro atoms. The van der Waals surface area contributed by atoms with Crippen molar-refractivity contribution in [2.75, 3.05) is 39.6 Å². The molecule has 0 saturated heterocycles. The number of ether oxygens (including phenoxy) is 4. The van der Waals surface area contributed by atoms with Gasteiger partial charge in [-0.1, -0.05) is 302 Å². The lowest BCUT2D eigenvalue weighted by Crippen LogP contribution is -2.30. The molecule has 0 aliphatic rings. The van der Waals surface area contributed by atoms with Crippen LogP contribution in [0.3, 0.4) is 0 Å². The first-order chi connectivity index (χ1) is 44.2. The summed E-state index contributed by atoms with van der Waals surface area (Å²) >= 11 is 0. The van der Waals surface area contributed by atoms with Crippen LogP contribution in [0, 0.1) is 0 Å². The molecule has 0 rings (SSSR count). The van der Waals surface area contributed by atoms with Crippen molar-refractivity contribution < 1.29 is 80.2 Å². The van der Waals surface area contributed by atoms with Crippen molar-refractivity contribution in [2.45, 2.75) is 373 Å². The number of phosphoric acid groups is 2. The molecule has 17 nitrogen and oxygen atoms in total. The third kappa shape index (κ3) is 66.0. The topological polar surface area (TPSA) is 237 Å². The summed E-state index contributed by atoms with van der Waals surface area (Å²) in [5, 5.41) is 10.6. The van der Waals surface area contributed by atoms with Gasteiger partial charge in [0.15, 0.2) is 12.2 Å². The number of esters is 4. The second-order valence-corrected chi connectivity index (χ2v) is 28.2. The summed E-state index contributed by atoms with van der Waals surface area (Å²) in [5.41, 5.74) is 0. The lowest BCUT2D eigenvalue weighted by molar-refractivity contribution is -0.161. The summed E-state index contributed by atoms with van der Waals surface area (Å²) in [6.45, 7) is 4.79. The Labute approximate surface area is 554 Å². The Morgan fingerprint density at radius 2 is 0.527 bits per heavy atom. The van der Waals surface area contributed by atoms with E-state index in [4.69, 9.17) is 37.0 Å². The second kappa shape index (κ2) is 66.2. The Bertz CT molecular complexity index is 1830. The first-order valence-electron chi connectivity index (χ1n) is 37.1. The summed E-state index contributed by atoms with van der Waals surface area (Å²) < 4.78 is 68.0. The van der Waals surface area contributed by atoms with Crippen LogP contribution in [0.4, 0.5) is 0 Å². The number of hydrogen-bond acceptors (Lipinski definition) is 15. The Hall–Kier alpha value is -2.46. The van der Waals surface area contributed by atoms with Crippen molar-refractivity contribution in [1.29, 1.82) is 0 Å². The first kappa shape index (κ1) is 88.5. The molecule has 0 aromatic rings. The largest absolute Gasteiger partial charge is 0.472 e. The maximum absolute atomic E-state index is 13.0. The molecule has 0 bridgehead atoms. The van der Waals surface area contributed by atoms with Gasteiger partial charge in [0.25, 0.3) is 0 Å². The maximum Gasteiger partial charge on any atom is 0.472 e. The van der Waals surface area contributed by atoms with E-state index in [1.54, 1.807) is 0 Å². The monoisotopic (exact) mass is 1330 g/mol. The van der Waals surface area contributed by atoms with Gasteiger partial charge in [-0.3, -0.25) is 37.3 Å². The van der Waals surface area contributed by atoms with Gasteiger partial charge in [-0.05, 0) is 51.4 Å². The van der Waals surface area contributed by atoms with E-state index < -0.39 is 97.5 Å². The lowest BCUT2D eigenvalue weighted by atomic mass is 10.0. The van der Waals surface area contributed by atoms with E-state index in [0.29, 0.717) is 25.7 Å². The SMILES string of the molecule is CCCCCC/C=C\C=C/CCCCCCCC(=O)OC[C@H](COP(=O)(O)OC[C@@H](O)COP(=O)(O)OC[C@@H](COC(=O)CCCCCCC)OC(=O)CCCCCCCCCCCC)OC(=O)CCCCCCCCCCCCCCCCCCCCCCC. The fraction of sp³-hybridized carbons (Fsp3) is 0.889. The normalized spacial score (nSPS) is 14.1. The number of aliphatic hydroxyl groups is 1. The van der Waals surface area contributed by atoms with E-state index in [1.807, 2.05) is 0 Å². The molecule has 0 radical (unpaired) electrons. The van der Waals surface area contributed by atoms with Crippen molar-refractivity contribution in [3.8, 4) is 0 Å². The standard InChI is InChI=1S/C72H136O17P2/c1-5-9-13-17-20-23-26-28-30-31-32-33-34-35-37-39-41-44-47-51-55-59-72(77)89-68(63-83-70(75)57-53-49-45-43-40-38-36-29-27-24-21-18-14-10-6-2)65-87-91(80,81)85-61-66(73)60-84-90(78,79)86-64-67(62-82-69(74)56-52-48-16-12-8-4)88-71(76)58-54-50-46-42-25-22-19-15-11-7-3/h24,27,29,36,66-68,73H,5-23,25-26,28,30-35,37-65H2,1-4H3,(H,78,79)(H,80,81)/b27-24-,36-29-/t66-,67+,68+/m0/s1. The molecular formula is C72H136O17P2. The van der Waals surface area contributed by atoms with E-state index in [2.05, 4.69) is 52.0 Å². The van der Waals surface area contributed by atoms with E-state index in [9.17, 15) is 43.2 Å². The molecule has 536 valence electrons. The van der Waals surface area contributed by atoms with Gasteiger partial charge >= 0.3 is 39.5 Å². The van der Waals surface area contributed by atoms with E-state index in [1.165, 1.54) is 161 Å². The van der Waals surface area contributed by atoms with Gasteiger partial charge < -0.3 is 33.8 Å². The first-order valence-corrected chi connectivity index (χ1v) is 40.1. The molecule has 0 fully saturated rings. The summed E-state index contributed by atoms with van der Waals surface area (Å²) in [6.07, 6.45) is 58.2. The molecule has 0 heterocycles. The third-order valence-electron chi connectivity index (χ3n) is 16.2. The number of carbonyl (C=O) groups excluding carboxylic acids is 4. The highest BCUT2D eigenvalue weighted by Crippen LogP contribution is 2.45. The fourth-order valence-electron chi connectivity index (χ4n) is 10.5. The highest BCUT2D eigenvalue weighted by Gasteiger charge is 2.30. The zero-order chi connectivity index (χ0) is 66.8. The van der Waals surface area contributed by atoms with Crippen LogP contribution in [0.2, 0.25) is 0 Å². The van der Waals surface area contributed by atoms with Crippen LogP contribution < -0.4 is 0 Å². The molecule has 0 saturated carbocycles. The molecule has 0 aliphatic heterocycles. The van der Waals surface area contributed by atoms with Crippen LogP contribution >= 0.6 is 15.6 Å². The number of carbonyl (C=O) groups is 4. The minimum absolute atomic E-state index is 0.102.